The standard InChI is InChI=1S/C19H32N4O4/c1-19(2)11-12(24)10-13(19)17(26)22-14(6-3-4-8-20)18(27)23-9-5-7-15(23)16(21)25/h13-15H,3-11,20H2,1-2H3,(H2,21,25)(H,22,26)/t13?,14-,15-/m0/s1. The summed E-state index contributed by atoms with van der Waals surface area (Å²) in [4.78, 5) is 50.8. The number of likely N-dealkylation sites (tertiary alicyclic amines) is 1. The van der Waals surface area contributed by atoms with Crippen molar-refractivity contribution < 1.29 is 19.2 Å². The fourth-order valence-corrected chi connectivity index (χ4v) is 4.20. The lowest BCUT2D eigenvalue weighted by Gasteiger charge is -2.30. The number of carbonyl (C=O) groups is 4. The first-order valence-electron chi connectivity index (χ1n) is 9.79. The maximum Gasteiger partial charge on any atom is 0.245 e. The highest BCUT2D eigenvalue weighted by atomic mass is 16.2. The first kappa shape index (κ1) is 21.3. The van der Waals surface area contributed by atoms with E-state index in [1.54, 1.807) is 0 Å². The van der Waals surface area contributed by atoms with Crippen LogP contribution in [0, 0.1) is 11.3 Å². The van der Waals surface area contributed by atoms with Crippen molar-refractivity contribution in [2.24, 2.45) is 22.8 Å². The van der Waals surface area contributed by atoms with Crippen LogP contribution in [0.15, 0.2) is 0 Å². The van der Waals surface area contributed by atoms with Crippen LogP contribution in [0.25, 0.3) is 0 Å². The van der Waals surface area contributed by atoms with Crippen molar-refractivity contribution in [3.05, 3.63) is 0 Å². The predicted octanol–water partition coefficient (Wildman–Crippen LogP) is 0.0818. The highest BCUT2D eigenvalue weighted by Gasteiger charge is 2.45. The molecule has 8 nitrogen and oxygen atoms in total. The molecular weight excluding hydrogens is 348 g/mol. The van der Waals surface area contributed by atoms with Crippen molar-refractivity contribution in [3.8, 4) is 0 Å². The van der Waals surface area contributed by atoms with E-state index >= 15 is 0 Å². The van der Waals surface area contributed by atoms with E-state index in [0.29, 0.717) is 45.2 Å². The Morgan fingerprint density at radius 3 is 2.56 bits per heavy atom. The monoisotopic (exact) mass is 380 g/mol. The molecule has 2 rings (SSSR count). The van der Waals surface area contributed by atoms with Gasteiger partial charge in [0.2, 0.25) is 17.7 Å². The summed E-state index contributed by atoms with van der Waals surface area (Å²) in [6, 6.07) is -1.34. The van der Waals surface area contributed by atoms with Crippen molar-refractivity contribution in [3.63, 3.8) is 0 Å². The summed E-state index contributed by atoms with van der Waals surface area (Å²) < 4.78 is 0. The van der Waals surface area contributed by atoms with E-state index < -0.39 is 29.3 Å². The second kappa shape index (κ2) is 8.82. The van der Waals surface area contributed by atoms with Crippen LogP contribution in [0.2, 0.25) is 0 Å². The molecule has 1 aliphatic carbocycles. The molecule has 3 amide bonds. The molecule has 2 aliphatic rings. The molecular formula is C19H32N4O4. The van der Waals surface area contributed by atoms with Gasteiger partial charge in [0, 0.05) is 19.4 Å². The molecule has 27 heavy (non-hydrogen) atoms. The van der Waals surface area contributed by atoms with Gasteiger partial charge in [0.25, 0.3) is 0 Å². The quantitative estimate of drug-likeness (QED) is 0.513. The minimum Gasteiger partial charge on any atom is -0.368 e. The maximum atomic E-state index is 13.0. The molecule has 1 unspecified atom stereocenters. The van der Waals surface area contributed by atoms with Crippen LogP contribution in [0.4, 0.5) is 0 Å². The van der Waals surface area contributed by atoms with Crippen LogP contribution in [0.1, 0.15) is 58.8 Å². The Morgan fingerprint density at radius 2 is 2.00 bits per heavy atom. The molecule has 2 fully saturated rings. The number of carbonyl (C=O) groups excluding carboxylic acids is 4. The van der Waals surface area contributed by atoms with Crippen molar-refractivity contribution in [1.82, 2.24) is 10.2 Å². The van der Waals surface area contributed by atoms with Crippen LogP contribution in [-0.2, 0) is 19.2 Å². The highest BCUT2D eigenvalue weighted by molar-refractivity contribution is 5.95. The van der Waals surface area contributed by atoms with Gasteiger partial charge in [-0.25, -0.2) is 0 Å². The molecule has 1 saturated carbocycles. The van der Waals surface area contributed by atoms with E-state index in [9.17, 15) is 19.2 Å². The Balaban J connectivity index is 2.11. The molecule has 0 aromatic carbocycles. The Hall–Kier alpha value is -1.96. The molecule has 0 aromatic heterocycles. The molecule has 1 heterocycles. The fourth-order valence-electron chi connectivity index (χ4n) is 4.20. The van der Waals surface area contributed by atoms with Gasteiger partial charge in [-0.1, -0.05) is 13.8 Å². The zero-order valence-corrected chi connectivity index (χ0v) is 16.3. The number of nitrogens with one attached hydrogen (secondary N) is 1. The molecule has 0 radical (unpaired) electrons. The maximum absolute atomic E-state index is 13.0. The van der Waals surface area contributed by atoms with Gasteiger partial charge < -0.3 is 21.7 Å². The molecule has 3 atom stereocenters. The van der Waals surface area contributed by atoms with Gasteiger partial charge in [0.05, 0.1) is 5.92 Å². The van der Waals surface area contributed by atoms with E-state index in [-0.39, 0.29) is 24.0 Å². The lowest BCUT2D eigenvalue weighted by atomic mass is 9.81. The Labute approximate surface area is 160 Å². The Kier molecular flexibility index (Phi) is 6.97. The third kappa shape index (κ3) is 5.06. The SMILES string of the molecule is CC1(C)CC(=O)CC1C(=O)N[C@@H](CCCCN)C(=O)N1CCC[C@H]1C(N)=O. The summed E-state index contributed by atoms with van der Waals surface area (Å²) in [5, 5.41) is 2.85. The first-order chi connectivity index (χ1) is 12.7. The number of amides is 3. The second-order valence-electron chi connectivity index (χ2n) is 8.40. The largest absolute Gasteiger partial charge is 0.368 e. The normalized spacial score (nSPS) is 25.4. The lowest BCUT2D eigenvalue weighted by molar-refractivity contribution is -0.141. The molecule has 0 bridgehead atoms. The van der Waals surface area contributed by atoms with Gasteiger partial charge in [-0.3, -0.25) is 19.2 Å². The molecule has 8 heteroatoms. The molecule has 0 aromatic rings. The van der Waals surface area contributed by atoms with E-state index in [1.807, 2.05) is 13.8 Å². The van der Waals surface area contributed by atoms with Gasteiger partial charge in [-0.2, -0.15) is 0 Å². The first-order valence-corrected chi connectivity index (χ1v) is 9.79. The van der Waals surface area contributed by atoms with Crippen LogP contribution >= 0.6 is 0 Å². The van der Waals surface area contributed by atoms with Crippen molar-refractivity contribution >= 4 is 23.5 Å². The summed E-state index contributed by atoms with van der Waals surface area (Å²) >= 11 is 0. The number of hydrogen-bond acceptors (Lipinski definition) is 5. The van der Waals surface area contributed by atoms with Crippen LogP contribution in [0.3, 0.4) is 0 Å². The number of hydrogen-bond donors (Lipinski definition) is 3. The van der Waals surface area contributed by atoms with Crippen molar-refractivity contribution in [1.29, 1.82) is 0 Å². The summed E-state index contributed by atoms with van der Waals surface area (Å²) in [6.45, 7) is 4.77. The lowest BCUT2D eigenvalue weighted by Crippen LogP contribution is -2.54. The molecule has 5 N–H and O–H groups in total. The fraction of sp³-hybridized carbons (Fsp3) is 0.789. The number of ketones is 1. The van der Waals surface area contributed by atoms with Gasteiger partial charge in [-0.05, 0) is 44.1 Å². The van der Waals surface area contributed by atoms with E-state index in [4.69, 9.17) is 11.5 Å². The average Bonchev–Trinajstić information content (AvgIpc) is 3.17. The average molecular weight is 380 g/mol. The Morgan fingerprint density at radius 1 is 1.30 bits per heavy atom. The number of Topliss-reactive ketones (excluding diaryl/α,β-unsaturated/α-hetero) is 1. The van der Waals surface area contributed by atoms with E-state index in [0.717, 1.165) is 6.42 Å². The smallest absolute Gasteiger partial charge is 0.245 e. The van der Waals surface area contributed by atoms with Crippen LogP contribution in [0.5, 0.6) is 0 Å². The number of nitrogens with zero attached hydrogens (tertiary/aromatic N) is 1. The molecule has 1 aliphatic heterocycles. The third-order valence-electron chi connectivity index (χ3n) is 5.77. The minimum absolute atomic E-state index is 0.0690. The zero-order valence-electron chi connectivity index (χ0n) is 16.3. The van der Waals surface area contributed by atoms with E-state index in [2.05, 4.69) is 5.32 Å². The summed E-state index contributed by atoms with van der Waals surface area (Å²) in [5.41, 5.74) is 10.5. The van der Waals surface area contributed by atoms with Gasteiger partial charge in [0.15, 0.2) is 0 Å². The van der Waals surface area contributed by atoms with E-state index in [1.165, 1.54) is 4.90 Å². The van der Waals surface area contributed by atoms with Crippen molar-refractivity contribution in [2.45, 2.75) is 70.9 Å². The van der Waals surface area contributed by atoms with Gasteiger partial charge >= 0.3 is 0 Å². The number of nitrogens with two attached hydrogens (primary N) is 2. The van der Waals surface area contributed by atoms with Crippen molar-refractivity contribution in [2.75, 3.05) is 13.1 Å². The van der Waals surface area contributed by atoms with Gasteiger partial charge in [-0.15, -0.1) is 0 Å². The number of rotatable bonds is 8. The molecule has 1 saturated heterocycles. The summed E-state index contributed by atoms with van der Waals surface area (Å²) in [7, 11) is 0. The predicted molar refractivity (Wildman–Crippen MR) is 100 cm³/mol. The molecule has 0 spiro atoms. The van der Waals surface area contributed by atoms with Crippen LogP contribution in [-0.4, -0.2) is 53.6 Å². The second-order valence-corrected chi connectivity index (χ2v) is 8.40. The van der Waals surface area contributed by atoms with Gasteiger partial charge in [0.1, 0.15) is 17.9 Å². The summed E-state index contributed by atoms with van der Waals surface area (Å²) in [6.07, 6.45) is 3.72. The summed E-state index contributed by atoms with van der Waals surface area (Å²) in [5.74, 6) is -1.44. The zero-order chi connectivity index (χ0) is 20.2. The highest BCUT2D eigenvalue weighted by Crippen LogP contribution is 2.40. The topological polar surface area (TPSA) is 136 Å². The Bertz CT molecular complexity index is 605. The third-order valence-corrected chi connectivity index (χ3v) is 5.77. The molecule has 152 valence electrons. The number of primary amides is 1. The number of unbranched alkanes of at least 4 members (excludes halogenated alkanes) is 1. The van der Waals surface area contributed by atoms with Crippen LogP contribution < -0.4 is 16.8 Å². The minimum atomic E-state index is -0.726.